The standard InChI is InChI=1S/C18H21NO2/c1-12-10-14(4-7-17(12)21-3)18-16-6-5-15(20-2)11-13(16)8-9-19-18/h4-7,10-11,18-19H,8-9H2,1-3H3. The van der Waals surface area contributed by atoms with Crippen LogP contribution in [0.2, 0.25) is 0 Å². The van der Waals surface area contributed by atoms with E-state index >= 15 is 0 Å². The minimum atomic E-state index is 0.240. The molecule has 2 aromatic rings. The quantitative estimate of drug-likeness (QED) is 0.938. The molecule has 0 fully saturated rings. The van der Waals surface area contributed by atoms with E-state index in [1.165, 1.54) is 16.7 Å². The molecule has 0 saturated carbocycles. The summed E-state index contributed by atoms with van der Waals surface area (Å²) < 4.78 is 10.7. The Morgan fingerprint density at radius 3 is 2.62 bits per heavy atom. The zero-order valence-electron chi connectivity index (χ0n) is 12.8. The van der Waals surface area contributed by atoms with E-state index < -0.39 is 0 Å². The van der Waals surface area contributed by atoms with E-state index in [-0.39, 0.29) is 6.04 Å². The van der Waals surface area contributed by atoms with Gasteiger partial charge in [-0.25, -0.2) is 0 Å². The van der Waals surface area contributed by atoms with Crippen molar-refractivity contribution in [2.75, 3.05) is 20.8 Å². The lowest BCUT2D eigenvalue weighted by Crippen LogP contribution is -2.30. The third-order valence-corrected chi connectivity index (χ3v) is 4.16. The highest BCUT2D eigenvalue weighted by Crippen LogP contribution is 2.32. The highest BCUT2D eigenvalue weighted by molar-refractivity contribution is 5.46. The SMILES string of the molecule is COc1ccc2c(c1)CCNC2c1ccc(OC)c(C)c1. The Hall–Kier alpha value is -2.00. The van der Waals surface area contributed by atoms with Gasteiger partial charge in [0.2, 0.25) is 0 Å². The van der Waals surface area contributed by atoms with Gasteiger partial charge in [-0.2, -0.15) is 0 Å². The van der Waals surface area contributed by atoms with Crippen molar-refractivity contribution in [1.29, 1.82) is 0 Å². The second-order valence-electron chi connectivity index (χ2n) is 5.43. The number of nitrogens with one attached hydrogen (secondary N) is 1. The molecule has 110 valence electrons. The van der Waals surface area contributed by atoms with Gasteiger partial charge in [0, 0.05) is 6.54 Å². The van der Waals surface area contributed by atoms with Crippen molar-refractivity contribution in [3.63, 3.8) is 0 Å². The van der Waals surface area contributed by atoms with Crippen LogP contribution in [0.25, 0.3) is 0 Å². The van der Waals surface area contributed by atoms with Crippen LogP contribution in [-0.4, -0.2) is 20.8 Å². The molecular weight excluding hydrogens is 262 g/mol. The van der Waals surface area contributed by atoms with E-state index in [1.807, 2.05) is 12.1 Å². The summed E-state index contributed by atoms with van der Waals surface area (Å²) in [6.07, 6.45) is 1.04. The van der Waals surface area contributed by atoms with Crippen molar-refractivity contribution < 1.29 is 9.47 Å². The van der Waals surface area contributed by atoms with Crippen LogP contribution in [-0.2, 0) is 6.42 Å². The van der Waals surface area contributed by atoms with Crippen LogP contribution >= 0.6 is 0 Å². The minimum absolute atomic E-state index is 0.240. The summed E-state index contributed by atoms with van der Waals surface area (Å²) in [4.78, 5) is 0. The number of ether oxygens (including phenoxy) is 2. The smallest absolute Gasteiger partial charge is 0.121 e. The monoisotopic (exact) mass is 283 g/mol. The number of rotatable bonds is 3. The Kier molecular flexibility index (Phi) is 3.84. The summed E-state index contributed by atoms with van der Waals surface area (Å²) in [5, 5.41) is 3.61. The molecule has 1 N–H and O–H groups in total. The Morgan fingerprint density at radius 1 is 1.05 bits per heavy atom. The maximum atomic E-state index is 5.35. The molecule has 1 heterocycles. The van der Waals surface area contributed by atoms with E-state index in [0.29, 0.717) is 0 Å². The van der Waals surface area contributed by atoms with Gasteiger partial charge in [0.05, 0.1) is 20.3 Å². The molecule has 3 heteroatoms. The number of benzene rings is 2. The van der Waals surface area contributed by atoms with E-state index in [1.54, 1.807) is 14.2 Å². The molecule has 1 aliphatic heterocycles. The Bertz CT molecular complexity index is 652. The van der Waals surface area contributed by atoms with Gasteiger partial charge in [-0.15, -0.1) is 0 Å². The van der Waals surface area contributed by atoms with Crippen LogP contribution in [0.3, 0.4) is 0 Å². The summed E-state index contributed by atoms with van der Waals surface area (Å²) in [5.41, 5.74) is 5.15. The average molecular weight is 283 g/mol. The molecule has 0 amide bonds. The first-order chi connectivity index (χ1) is 10.2. The molecule has 1 aliphatic rings. The second-order valence-corrected chi connectivity index (χ2v) is 5.43. The van der Waals surface area contributed by atoms with Gasteiger partial charge in [0.15, 0.2) is 0 Å². The van der Waals surface area contributed by atoms with E-state index in [2.05, 4.69) is 36.5 Å². The van der Waals surface area contributed by atoms with Crippen molar-refractivity contribution in [2.24, 2.45) is 0 Å². The molecule has 0 aromatic heterocycles. The van der Waals surface area contributed by atoms with E-state index in [0.717, 1.165) is 30.0 Å². The Morgan fingerprint density at radius 2 is 1.90 bits per heavy atom. The van der Waals surface area contributed by atoms with Crippen LogP contribution < -0.4 is 14.8 Å². The highest BCUT2D eigenvalue weighted by Gasteiger charge is 2.22. The van der Waals surface area contributed by atoms with Crippen LogP contribution in [0.15, 0.2) is 36.4 Å². The van der Waals surface area contributed by atoms with Crippen molar-refractivity contribution in [3.8, 4) is 11.5 Å². The van der Waals surface area contributed by atoms with Crippen molar-refractivity contribution in [1.82, 2.24) is 5.32 Å². The topological polar surface area (TPSA) is 30.5 Å². The molecule has 21 heavy (non-hydrogen) atoms. The summed E-state index contributed by atoms with van der Waals surface area (Å²) in [5.74, 6) is 1.87. The van der Waals surface area contributed by atoms with Gasteiger partial charge < -0.3 is 14.8 Å². The van der Waals surface area contributed by atoms with Gasteiger partial charge in [-0.05, 0) is 53.8 Å². The molecule has 1 unspecified atom stereocenters. The summed E-state index contributed by atoms with van der Waals surface area (Å²) in [7, 11) is 3.43. The lowest BCUT2D eigenvalue weighted by Gasteiger charge is -2.28. The maximum Gasteiger partial charge on any atom is 0.121 e. The average Bonchev–Trinajstić information content (AvgIpc) is 2.53. The predicted molar refractivity (Wildman–Crippen MR) is 84.3 cm³/mol. The fourth-order valence-electron chi connectivity index (χ4n) is 3.05. The Labute approximate surface area is 125 Å². The molecule has 0 saturated heterocycles. The van der Waals surface area contributed by atoms with Crippen molar-refractivity contribution in [3.05, 3.63) is 58.7 Å². The van der Waals surface area contributed by atoms with Crippen molar-refractivity contribution >= 4 is 0 Å². The van der Waals surface area contributed by atoms with E-state index in [9.17, 15) is 0 Å². The van der Waals surface area contributed by atoms with Gasteiger partial charge in [-0.1, -0.05) is 18.2 Å². The molecule has 3 rings (SSSR count). The number of methoxy groups -OCH3 is 2. The second kappa shape index (κ2) is 5.78. The van der Waals surface area contributed by atoms with E-state index in [4.69, 9.17) is 9.47 Å². The van der Waals surface area contributed by atoms with Crippen LogP contribution in [0, 0.1) is 6.92 Å². The summed E-state index contributed by atoms with van der Waals surface area (Å²) in [6.45, 7) is 3.07. The number of hydrogen-bond acceptors (Lipinski definition) is 3. The van der Waals surface area contributed by atoms with Gasteiger partial charge in [0.25, 0.3) is 0 Å². The molecule has 0 aliphatic carbocycles. The maximum absolute atomic E-state index is 5.35. The fourth-order valence-corrected chi connectivity index (χ4v) is 3.05. The largest absolute Gasteiger partial charge is 0.497 e. The predicted octanol–water partition coefficient (Wildman–Crippen LogP) is 3.25. The van der Waals surface area contributed by atoms with Crippen LogP contribution in [0.1, 0.15) is 28.3 Å². The summed E-state index contributed by atoms with van der Waals surface area (Å²) in [6, 6.07) is 13.0. The first-order valence-corrected chi connectivity index (χ1v) is 7.27. The highest BCUT2D eigenvalue weighted by atomic mass is 16.5. The van der Waals surface area contributed by atoms with Crippen LogP contribution in [0.4, 0.5) is 0 Å². The lowest BCUT2D eigenvalue weighted by molar-refractivity contribution is 0.411. The minimum Gasteiger partial charge on any atom is -0.497 e. The number of fused-ring (bicyclic) bond motifs is 1. The van der Waals surface area contributed by atoms with Gasteiger partial charge >= 0.3 is 0 Å². The third-order valence-electron chi connectivity index (χ3n) is 4.16. The fraction of sp³-hybridized carbons (Fsp3) is 0.333. The molecule has 0 spiro atoms. The van der Waals surface area contributed by atoms with Gasteiger partial charge in [0.1, 0.15) is 11.5 Å². The molecule has 3 nitrogen and oxygen atoms in total. The summed E-state index contributed by atoms with van der Waals surface area (Å²) >= 11 is 0. The normalized spacial score (nSPS) is 17.2. The zero-order chi connectivity index (χ0) is 14.8. The number of hydrogen-bond donors (Lipinski definition) is 1. The molecular formula is C18H21NO2. The zero-order valence-corrected chi connectivity index (χ0v) is 12.8. The molecule has 0 radical (unpaired) electrons. The van der Waals surface area contributed by atoms with Crippen LogP contribution in [0.5, 0.6) is 11.5 Å². The lowest BCUT2D eigenvalue weighted by atomic mass is 9.89. The first-order valence-electron chi connectivity index (χ1n) is 7.27. The molecule has 2 aromatic carbocycles. The van der Waals surface area contributed by atoms with Crippen molar-refractivity contribution in [2.45, 2.75) is 19.4 Å². The Balaban J connectivity index is 2.00. The van der Waals surface area contributed by atoms with Gasteiger partial charge in [-0.3, -0.25) is 0 Å². The number of aryl methyl sites for hydroxylation is 1. The molecule has 1 atom stereocenters. The molecule has 0 bridgehead atoms. The third kappa shape index (κ3) is 2.61. The first kappa shape index (κ1) is 14.0.